The molecule has 0 saturated carbocycles. The van der Waals surface area contributed by atoms with Crippen molar-refractivity contribution in [3.05, 3.63) is 65.2 Å². The third-order valence-corrected chi connectivity index (χ3v) is 7.61. The number of ether oxygens (including phenoxy) is 1. The first kappa shape index (κ1) is 22.9. The van der Waals surface area contributed by atoms with Crippen molar-refractivity contribution >= 4 is 23.6 Å². The van der Waals surface area contributed by atoms with Crippen molar-refractivity contribution in [2.24, 2.45) is 0 Å². The smallest absolute Gasteiger partial charge is 0.233 e. The molecule has 7 nitrogen and oxygen atoms in total. The summed E-state index contributed by atoms with van der Waals surface area (Å²) in [6.07, 6.45) is 3.20. The number of aromatic nitrogens is 3. The van der Waals surface area contributed by atoms with Crippen LogP contribution < -0.4 is 4.90 Å². The Balaban J connectivity index is 1.36. The Hall–Kier alpha value is -2.84. The number of amides is 1. The Morgan fingerprint density at radius 1 is 1.15 bits per heavy atom. The van der Waals surface area contributed by atoms with Gasteiger partial charge in [0.1, 0.15) is 0 Å². The molecule has 0 radical (unpaired) electrons. The molecule has 0 unspecified atom stereocenters. The molecule has 34 heavy (non-hydrogen) atoms. The van der Waals surface area contributed by atoms with Crippen molar-refractivity contribution in [2.75, 3.05) is 44.0 Å². The predicted octanol–water partition coefficient (Wildman–Crippen LogP) is 4.04. The number of nitrogens with zero attached hydrogens (tertiary/aromatic N) is 5. The van der Waals surface area contributed by atoms with Crippen LogP contribution in [0.5, 0.6) is 0 Å². The second-order valence-corrected chi connectivity index (χ2v) is 9.90. The molecule has 1 fully saturated rings. The van der Waals surface area contributed by atoms with Crippen molar-refractivity contribution in [1.82, 2.24) is 19.7 Å². The summed E-state index contributed by atoms with van der Waals surface area (Å²) in [5.74, 6) is 1.24. The summed E-state index contributed by atoms with van der Waals surface area (Å²) in [7, 11) is 1.93. The number of hydrogen-bond donors (Lipinski definition) is 0. The van der Waals surface area contributed by atoms with Gasteiger partial charge in [-0.3, -0.25) is 9.36 Å². The lowest BCUT2D eigenvalue weighted by Gasteiger charge is -2.33. The van der Waals surface area contributed by atoms with E-state index in [2.05, 4.69) is 69.1 Å². The molecule has 1 saturated heterocycles. The van der Waals surface area contributed by atoms with E-state index in [0.717, 1.165) is 49.1 Å². The van der Waals surface area contributed by atoms with Crippen molar-refractivity contribution in [3.8, 4) is 5.69 Å². The monoisotopic (exact) mass is 477 g/mol. The number of carbonyl (C=O) groups excluding carboxylic acids is 1. The highest BCUT2D eigenvalue weighted by atomic mass is 32.2. The molecule has 2 aliphatic rings. The van der Waals surface area contributed by atoms with E-state index in [1.165, 1.54) is 28.5 Å². The van der Waals surface area contributed by atoms with Crippen LogP contribution in [0.2, 0.25) is 0 Å². The highest BCUT2D eigenvalue weighted by Crippen LogP contribution is 2.34. The topological polar surface area (TPSA) is 63.5 Å². The normalized spacial score (nSPS) is 17.9. The van der Waals surface area contributed by atoms with Crippen molar-refractivity contribution in [1.29, 1.82) is 0 Å². The van der Waals surface area contributed by atoms with E-state index in [0.29, 0.717) is 19.0 Å². The van der Waals surface area contributed by atoms with E-state index in [4.69, 9.17) is 4.74 Å². The SMILES string of the molecule is Cc1cccc(-n2c(SCC(=O)N(C)[C@@H]3CCCc4ccccc43)nnc2N2CCOCC2)c1. The van der Waals surface area contributed by atoms with Crippen LogP contribution in [0.3, 0.4) is 0 Å². The van der Waals surface area contributed by atoms with Gasteiger partial charge in [-0.15, -0.1) is 10.2 Å². The minimum atomic E-state index is 0.110. The van der Waals surface area contributed by atoms with Crippen LogP contribution in [-0.2, 0) is 16.0 Å². The molecule has 1 aliphatic carbocycles. The first-order valence-electron chi connectivity index (χ1n) is 11.9. The molecular weight excluding hydrogens is 446 g/mol. The Morgan fingerprint density at radius 3 is 2.79 bits per heavy atom. The molecule has 1 aliphatic heterocycles. The van der Waals surface area contributed by atoms with Crippen molar-refractivity contribution in [2.45, 2.75) is 37.4 Å². The highest BCUT2D eigenvalue weighted by Gasteiger charge is 2.27. The molecule has 0 N–H and O–H groups in total. The van der Waals surface area contributed by atoms with Gasteiger partial charge in [-0.05, 0) is 55.0 Å². The van der Waals surface area contributed by atoms with Gasteiger partial charge in [0, 0.05) is 20.1 Å². The van der Waals surface area contributed by atoms with E-state index in [-0.39, 0.29) is 11.9 Å². The zero-order valence-electron chi connectivity index (χ0n) is 19.8. The fourth-order valence-electron chi connectivity index (χ4n) is 4.85. The molecule has 8 heteroatoms. The number of hydrogen-bond acceptors (Lipinski definition) is 6. The lowest BCUT2D eigenvalue weighted by Crippen LogP contribution is -2.38. The van der Waals surface area contributed by atoms with Crippen LogP contribution >= 0.6 is 11.8 Å². The van der Waals surface area contributed by atoms with Crippen LogP contribution in [0.4, 0.5) is 5.95 Å². The Morgan fingerprint density at radius 2 is 1.97 bits per heavy atom. The molecule has 3 aromatic rings. The number of fused-ring (bicyclic) bond motifs is 1. The number of morpholine rings is 1. The molecule has 178 valence electrons. The van der Waals surface area contributed by atoms with E-state index in [1.54, 1.807) is 0 Å². The summed E-state index contributed by atoms with van der Waals surface area (Å²) in [6.45, 7) is 4.98. The van der Waals surface area contributed by atoms with Gasteiger partial charge in [-0.1, -0.05) is 48.2 Å². The van der Waals surface area contributed by atoms with Gasteiger partial charge in [0.15, 0.2) is 5.16 Å². The minimum Gasteiger partial charge on any atom is -0.378 e. The number of rotatable bonds is 6. The molecule has 1 amide bonds. The molecule has 0 bridgehead atoms. The Bertz CT molecular complexity index is 1160. The van der Waals surface area contributed by atoms with E-state index in [1.807, 2.05) is 18.0 Å². The summed E-state index contributed by atoms with van der Waals surface area (Å²) >= 11 is 1.45. The minimum absolute atomic E-state index is 0.110. The first-order chi connectivity index (χ1) is 16.6. The fourth-order valence-corrected chi connectivity index (χ4v) is 5.72. The summed E-state index contributed by atoms with van der Waals surface area (Å²) in [4.78, 5) is 17.4. The zero-order valence-corrected chi connectivity index (χ0v) is 20.6. The quantitative estimate of drug-likeness (QED) is 0.500. The van der Waals surface area contributed by atoms with Crippen LogP contribution in [-0.4, -0.2) is 64.7 Å². The average Bonchev–Trinajstić information content (AvgIpc) is 3.31. The summed E-state index contributed by atoms with van der Waals surface area (Å²) in [5, 5.41) is 9.76. The van der Waals surface area contributed by atoms with E-state index >= 15 is 0 Å². The molecule has 2 aromatic carbocycles. The van der Waals surface area contributed by atoms with Gasteiger partial charge in [-0.2, -0.15) is 0 Å². The van der Waals surface area contributed by atoms with Gasteiger partial charge < -0.3 is 14.5 Å². The van der Waals surface area contributed by atoms with E-state index < -0.39 is 0 Å². The summed E-state index contributed by atoms with van der Waals surface area (Å²) in [5.41, 5.74) is 4.82. The molecule has 1 aromatic heterocycles. The lowest BCUT2D eigenvalue weighted by molar-refractivity contribution is -0.129. The third kappa shape index (κ3) is 4.70. The van der Waals surface area contributed by atoms with Crippen molar-refractivity contribution in [3.63, 3.8) is 0 Å². The Kier molecular flexibility index (Phi) is 6.87. The molecule has 2 heterocycles. The third-order valence-electron chi connectivity index (χ3n) is 6.69. The zero-order chi connectivity index (χ0) is 23.5. The Labute approximate surface area is 205 Å². The van der Waals surface area contributed by atoms with Crippen LogP contribution in [0.15, 0.2) is 53.7 Å². The van der Waals surface area contributed by atoms with Gasteiger partial charge in [-0.25, -0.2) is 0 Å². The molecule has 0 spiro atoms. The number of benzene rings is 2. The molecule has 5 rings (SSSR count). The molecular formula is C26H31N5O2S. The van der Waals surface area contributed by atoms with Crippen molar-refractivity contribution < 1.29 is 9.53 Å². The number of anilines is 1. The van der Waals surface area contributed by atoms with Crippen LogP contribution in [0, 0.1) is 6.92 Å². The number of aryl methyl sites for hydroxylation is 2. The molecule has 1 atom stereocenters. The van der Waals surface area contributed by atoms with Gasteiger partial charge in [0.2, 0.25) is 11.9 Å². The van der Waals surface area contributed by atoms with Crippen LogP contribution in [0.1, 0.15) is 35.6 Å². The second kappa shape index (κ2) is 10.2. The van der Waals surface area contributed by atoms with Gasteiger partial charge in [0.25, 0.3) is 0 Å². The number of carbonyl (C=O) groups is 1. The number of thioether (sulfide) groups is 1. The lowest BCUT2D eigenvalue weighted by atomic mass is 9.87. The van der Waals surface area contributed by atoms with Gasteiger partial charge in [0.05, 0.1) is 30.7 Å². The average molecular weight is 478 g/mol. The first-order valence-corrected chi connectivity index (χ1v) is 12.9. The summed E-state index contributed by atoms with van der Waals surface area (Å²) in [6, 6.07) is 17.0. The highest BCUT2D eigenvalue weighted by molar-refractivity contribution is 7.99. The largest absolute Gasteiger partial charge is 0.378 e. The van der Waals surface area contributed by atoms with E-state index in [9.17, 15) is 4.79 Å². The maximum atomic E-state index is 13.3. The van der Waals surface area contributed by atoms with Gasteiger partial charge >= 0.3 is 0 Å². The fraction of sp³-hybridized carbons (Fsp3) is 0.423. The maximum absolute atomic E-state index is 13.3. The standard InChI is InChI=1S/C26H31N5O2S/c1-19-7-5-10-21(17-19)31-25(30-13-15-33-16-14-30)27-28-26(31)34-18-24(32)29(2)23-12-6-9-20-8-3-4-11-22(20)23/h3-5,7-8,10-11,17,23H,6,9,12-16,18H2,1-2H3/t23-/m1/s1. The second-order valence-electron chi connectivity index (χ2n) is 8.96. The maximum Gasteiger partial charge on any atom is 0.233 e. The van der Waals surface area contributed by atoms with Crippen LogP contribution in [0.25, 0.3) is 5.69 Å². The predicted molar refractivity (Wildman–Crippen MR) is 135 cm³/mol. The summed E-state index contributed by atoms with van der Waals surface area (Å²) < 4.78 is 7.60.